The smallest absolute Gasteiger partial charge is 0.341 e. The molecule has 0 spiro atoms. The van der Waals surface area contributed by atoms with Gasteiger partial charge in [-0.2, -0.15) is 0 Å². The zero-order valence-electron chi connectivity index (χ0n) is 14.3. The Kier molecular flexibility index (Phi) is 7.00. The molecule has 0 bridgehead atoms. The van der Waals surface area contributed by atoms with Crippen molar-refractivity contribution in [3.63, 3.8) is 0 Å². The Balaban J connectivity index is 2.30. The molecule has 0 heterocycles. The third kappa shape index (κ3) is 5.32. The van der Waals surface area contributed by atoms with Gasteiger partial charge < -0.3 is 19.5 Å². The molecule has 0 atom stereocenters. The van der Waals surface area contributed by atoms with E-state index in [9.17, 15) is 14.9 Å². The number of methoxy groups -OCH3 is 1. The lowest BCUT2D eigenvalue weighted by atomic mass is 9.93. The minimum atomic E-state index is -1.13. The molecule has 1 saturated carbocycles. The van der Waals surface area contributed by atoms with Crippen LogP contribution in [0.2, 0.25) is 0 Å². The molecule has 1 aromatic rings. The summed E-state index contributed by atoms with van der Waals surface area (Å²) in [5.74, 6) is -0.955. The zero-order valence-corrected chi connectivity index (χ0v) is 14.3. The van der Waals surface area contributed by atoms with Crippen LogP contribution in [0.25, 0.3) is 0 Å². The summed E-state index contributed by atoms with van der Waals surface area (Å²) in [7, 11) is 1.61. The molecule has 1 fully saturated rings. The first-order chi connectivity index (χ1) is 12.0. The number of anilines is 1. The van der Waals surface area contributed by atoms with Crippen LogP contribution in [0, 0.1) is 10.1 Å². The van der Waals surface area contributed by atoms with E-state index in [1.165, 1.54) is 12.5 Å². The Labute approximate surface area is 146 Å². The predicted molar refractivity (Wildman–Crippen MR) is 92.3 cm³/mol. The molecule has 25 heavy (non-hydrogen) atoms. The van der Waals surface area contributed by atoms with Crippen molar-refractivity contribution in [3.8, 4) is 5.75 Å². The third-order valence-corrected chi connectivity index (χ3v) is 4.37. The van der Waals surface area contributed by atoms with Crippen LogP contribution in [-0.2, 0) is 9.53 Å². The van der Waals surface area contributed by atoms with E-state index in [1.54, 1.807) is 19.2 Å². The van der Waals surface area contributed by atoms with E-state index in [0.29, 0.717) is 18.8 Å². The minimum absolute atomic E-state index is 0.0791. The number of nitro groups is 1. The van der Waals surface area contributed by atoms with Gasteiger partial charge in [0.1, 0.15) is 11.4 Å². The molecule has 8 heteroatoms. The van der Waals surface area contributed by atoms with Gasteiger partial charge in [0.15, 0.2) is 6.61 Å². The largest absolute Gasteiger partial charge is 0.482 e. The zero-order chi connectivity index (χ0) is 18.2. The number of nitrogens with zero attached hydrogens (tertiary/aromatic N) is 2. The molecule has 138 valence electrons. The summed E-state index contributed by atoms with van der Waals surface area (Å²) >= 11 is 0. The van der Waals surface area contributed by atoms with E-state index < -0.39 is 17.5 Å². The molecule has 0 radical (unpaired) electrons. The highest BCUT2D eigenvalue weighted by Crippen LogP contribution is 2.36. The van der Waals surface area contributed by atoms with Gasteiger partial charge in [-0.3, -0.25) is 10.1 Å². The van der Waals surface area contributed by atoms with Crippen molar-refractivity contribution in [2.45, 2.75) is 38.1 Å². The first kappa shape index (κ1) is 19.0. The van der Waals surface area contributed by atoms with E-state index in [1.807, 2.05) is 4.90 Å². The van der Waals surface area contributed by atoms with Crippen LogP contribution in [-0.4, -0.2) is 48.9 Å². The van der Waals surface area contributed by atoms with Crippen molar-refractivity contribution >= 4 is 17.3 Å². The van der Waals surface area contributed by atoms with Crippen LogP contribution in [0.5, 0.6) is 5.75 Å². The normalized spacial score (nSPS) is 14.9. The summed E-state index contributed by atoms with van der Waals surface area (Å²) < 4.78 is 10.2. The summed E-state index contributed by atoms with van der Waals surface area (Å²) in [5, 5.41) is 20.2. The highest BCUT2D eigenvalue weighted by molar-refractivity contribution is 5.69. The Morgan fingerprint density at radius 2 is 2.08 bits per heavy atom. The van der Waals surface area contributed by atoms with Gasteiger partial charge in [-0.1, -0.05) is 19.3 Å². The van der Waals surface area contributed by atoms with E-state index in [4.69, 9.17) is 14.6 Å². The van der Waals surface area contributed by atoms with Crippen LogP contribution in [0.15, 0.2) is 18.2 Å². The second-order valence-electron chi connectivity index (χ2n) is 6.07. The second kappa shape index (κ2) is 9.22. The number of rotatable bonds is 9. The maximum atomic E-state index is 11.5. The van der Waals surface area contributed by atoms with Gasteiger partial charge in [-0.25, -0.2) is 4.79 Å². The van der Waals surface area contributed by atoms with Crippen molar-refractivity contribution in [2.75, 3.05) is 31.8 Å². The molecule has 0 amide bonds. The van der Waals surface area contributed by atoms with Gasteiger partial charge in [0.05, 0.1) is 17.6 Å². The number of benzene rings is 1. The van der Waals surface area contributed by atoms with Crippen molar-refractivity contribution in [1.29, 1.82) is 0 Å². The highest BCUT2D eigenvalue weighted by Gasteiger charge is 2.27. The van der Waals surface area contributed by atoms with Gasteiger partial charge >= 0.3 is 5.97 Å². The van der Waals surface area contributed by atoms with E-state index in [-0.39, 0.29) is 17.5 Å². The third-order valence-electron chi connectivity index (χ3n) is 4.37. The fourth-order valence-corrected chi connectivity index (χ4v) is 3.21. The Hall–Kier alpha value is -2.35. The Bertz CT molecular complexity index is 601. The number of carboxylic acids is 1. The van der Waals surface area contributed by atoms with E-state index in [2.05, 4.69) is 0 Å². The molecule has 0 unspecified atom stereocenters. The first-order valence-electron chi connectivity index (χ1n) is 8.41. The van der Waals surface area contributed by atoms with Crippen LogP contribution < -0.4 is 9.64 Å². The lowest BCUT2D eigenvalue weighted by Crippen LogP contribution is -2.39. The number of hydrogen-bond donors (Lipinski definition) is 1. The fraction of sp³-hybridized carbons (Fsp3) is 0.588. The number of hydrogen-bond acceptors (Lipinski definition) is 6. The molecular formula is C17H24N2O6. The number of carboxylic acid groups (broad SMARTS) is 1. The molecule has 1 aliphatic carbocycles. The summed E-state index contributed by atoms with van der Waals surface area (Å²) in [6, 6.07) is 4.75. The SMILES string of the molecule is COCCN(c1ccc(OCC(=O)O)cc1[N+](=O)[O-])C1CCCCC1. The highest BCUT2D eigenvalue weighted by atomic mass is 16.6. The van der Waals surface area contributed by atoms with E-state index >= 15 is 0 Å². The molecule has 8 nitrogen and oxygen atoms in total. The molecule has 1 aliphatic rings. The lowest BCUT2D eigenvalue weighted by molar-refractivity contribution is -0.384. The van der Waals surface area contributed by atoms with Crippen LogP contribution in [0.4, 0.5) is 11.4 Å². The Morgan fingerprint density at radius 3 is 2.68 bits per heavy atom. The van der Waals surface area contributed by atoms with Crippen LogP contribution in [0.3, 0.4) is 0 Å². The monoisotopic (exact) mass is 352 g/mol. The van der Waals surface area contributed by atoms with Gasteiger partial charge in [-0.15, -0.1) is 0 Å². The van der Waals surface area contributed by atoms with Gasteiger partial charge in [-0.05, 0) is 25.0 Å². The molecule has 0 aromatic heterocycles. The maximum Gasteiger partial charge on any atom is 0.341 e. The number of carbonyl (C=O) groups is 1. The molecular weight excluding hydrogens is 328 g/mol. The standard InChI is InChI=1S/C17H24N2O6/c1-24-10-9-18(13-5-3-2-4-6-13)15-8-7-14(25-12-17(20)21)11-16(15)19(22)23/h7-8,11,13H,2-6,9-10,12H2,1H3,(H,20,21). The summed E-state index contributed by atoms with van der Waals surface area (Å²) in [6.07, 6.45) is 5.42. The fourth-order valence-electron chi connectivity index (χ4n) is 3.21. The number of ether oxygens (including phenoxy) is 2. The van der Waals surface area contributed by atoms with E-state index in [0.717, 1.165) is 25.7 Å². The maximum absolute atomic E-state index is 11.5. The predicted octanol–water partition coefficient (Wildman–Crippen LogP) is 2.84. The number of nitro benzene ring substituents is 1. The molecule has 2 rings (SSSR count). The number of aliphatic carboxylic acids is 1. The summed E-state index contributed by atoms with van der Waals surface area (Å²) in [6.45, 7) is 0.509. The lowest BCUT2D eigenvalue weighted by Gasteiger charge is -2.35. The van der Waals surface area contributed by atoms with Gasteiger partial charge in [0.25, 0.3) is 5.69 Å². The molecule has 1 N–H and O–H groups in total. The molecule has 1 aromatic carbocycles. The minimum Gasteiger partial charge on any atom is -0.482 e. The van der Waals surface area contributed by atoms with Gasteiger partial charge in [0.2, 0.25) is 0 Å². The summed E-state index contributed by atoms with van der Waals surface area (Å²) in [5.41, 5.74) is 0.446. The Morgan fingerprint density at radius 1 is 1.36 bits per heavy atom. The summed E-state index contributed by atoms with van der Waals surface area (Å²) in [4.78, 5) is 23.7. The van der Waals surface area contributed by atoms with Gasteiger partial charge in [0, 0.05) is 19.7 Å². The first-order valence-corrected chi connectivity index (χ1v) is 8.41. The van der Waals surface area contributed by atoms with Crippen LogP contribution in [0.1, 0.15) is 32.1 Å². The van der Waals surface area contributed by atoms with Crippen LogP contribution >= 0.6 is 0 Å². The average molecular weight is 352 g/mol. The second-order valence-corrected chi connectivity index (χ2v) is 6.07. The van der Waals surface area contributed by atoms with Crippen molar-refractivity contribution in [1.82, 2.24) is 0 Å². The molecule has 0 saturated heterocycles. The van der Waals surface area contributed by atoms with Crippen molar-refractivity contribution in [3.05, 3.63) is 28.3 Å². The topological polar surface area (TPSA) is 102 Å². The van der Waals surface area contributed by atoms with Crippen molar-refractivity contribution in [2.24, 2.45) is 0 Å². The van der Waals surface area contributed by atoms with Crippen molar-refractivity contribution < 1.29 is 24.3 Å². The quantitative estimate of drug-likeness (QED) is 0.538. The molecule has 0 aliphatic heterocycles. The average Bonchev–Trinajstić information content (AvgIpc) is 2.61.